The Bertz CT molecular complexity index is 684. The van der Waals surface area contributed by atoms with E-state index in [0.29, 0.717) is 5.02 Å². The number of phenols is 1. The van der Waals surface area contributed by atoms with Gasteiger partial charge in [-0.15, -0.1) is 0 Å². The maximum Gasteiger partial charge on any atom is 0.314 e. The molecule has 0 atom stereocenters. The minimum atomic E-state index is -0.926. The van der Waals surface area contributed by atoms with Crippen LogP contribution in [0.4, 0.5) is 11.4 Å². The summed E-state index contributed by atoms with van der Waals surface area (Å²) in [5.41, 5.74) is 1.24. The van der Waals surface area contributed by atoms with Crippen LogP contribution in [0.25, 0.3) is 0 Å². The maximum atomic E-state index is 11.8. The molecule has 22 heavy (non-hydrogen) atoms. The molecular formula is C15H12Cl2N2O3. The number of halogens is 2. The van der Waals surface area contributed by atoms with Crippen LogP contribution in [0.5, 0.6) is 5.75 Å². The smallest absolute Gasteiger partial charge is 0.314 e. The molecular weight excluding hydrogens is 327 g/mol. The highest BCUT2D eigenvalue weighted by molar-refractivity contribution is 6.45. The first-order valence-electron chi connectivity index (χ1n) is 6.24. The highest BCUT2D eigenvalue weighted by atomic mass is 35.5. The van der Waals surface area contributed by atoms with Gasteiger partial charge in [0.15, 0.2) is 0 Å². The van der Waals surface area contributed by atoms with Crippen LogP contribution in [0.15, 0.2) is 36.4 Å². The molecule has 0 aliphatic heterocycles. The van der Waals surface area contributed by atoms with Crippen LogP contribution in [0.1, 0.15) is 5.56 Å². The fourth-order valence-corrected chi connectivity index (χ4v) is 2.15. The number of rotatable bonds is 2. The van der Waals surface area contributed by atoms with Gasteiger partial charge in [0.25, 0.3) is 0 Å². The van der Waals surface area contributed by atoms with Crippen molar-refractivity contribution in [2.75, 3.05) is 10.6 Å². The van der Waals surface area contributed by atoms with Crippen molar-refractivity contribution < 1.29 is 14.7 Å². The molecule has 2 rings (SSSR count). The van der Waals surface area contributed by atoms with E-state index in [1.54, 1.807) is 13.0 Å². The summed E-state index contributed by atoms with van der Waals surface area (Å²) in [6, 6.07) is 9.15. The summed E-state index contributed by atoms with van der Waals surface area (Å²) in [5.74, 6) is -1.96. The van der Waals surface area contributed by atoms with E-state index in [-0.39, 0.29) is 22.1 Å². The molecule has 0 heterocycles. The number of phenolic OH excluding ortho intramolecular Hbond substituents is 1. The molecule has 0 bridgehead atoms. The predicted molar refractivity (Wildman–Crippen MR) is 86.6 cm³/mol. The van der Waals surface area contributed by atoms with E-state index in [9.17, 15) is 14.7 Å². The third kappa shape index (κ3) is 3.90. The Balaban J connectivity index is 2.07. The van der Waals surface area contributed by atoms with Gasteiger partial charge in [-0.05, 0) is 42.8 Å². The monoisotopic (exact) mass is 338 g/mol. The van der Waals surface area contributed by atoms with Crippen LogP contribution in [-0.2, 0) is 9.59 Å². The van der Waals surface area contributed by atoms with Crippen LogP contribution < -0.4 is 10.6 Å². The zero-order valence-electron chi connectivity index (χ0n) is 11.5. The average Bonchev–Trinajstić information content (AvgIpc) is 2.44. The van der Waals surface area contributed by atoms with Crippen LogP contribution in [0.2, 0.25) is 10.0 Å². The minimum Gasteiger partial charge on any atom is -0.506 e. The quantitative estimate of drug-likeness (QED) is 0.578. The highest BCUT2D eigenvalue weighted by Gasteiger charge is 2.17. The van der Waals surface area contributed by atoms with Crippen molar-refractivity contribution in [2.24, 2.45) is 0 Å². The number of nitrogens with one attached hydrogen (secondary N) is 2. The second kappa shape index (κ2) is 6.68. The number of carbonyl (C=O) groups is 2. The number of aromatic hydroxyl groups is 1. The highest BCUT2D eigenvalue weighted by Crippen LogP contribution is 2.26. The van der Waals surface area contributed by atoms with Crippen molar-refractivity contribution in [3.63, 3.8) is 0 Å². The largest absolute Gasteiger partial charge is 0.506 e. The Morgan fingerprint density at radius 2 is 1.55 bits per heavy atom. The second-order valence-corrected chi connectivity index (χ2v) is 5.40. The zero-order valence-corrected chi connectivity index (χ0v) is 13.0. The third-order valence-electron chi connectivity index (χ3n) is 2.79. The van der Waals surface area contributed by atoms with Crippen molar-refractivity contribution >= 4 is 46.4 Å². The molecule has 2 amide bonds. The number of hydrogen-bond donors (Lipinski definition) is 3. The van der Waals surface area contributed by atoms with Gasteiger partial charge in [-0.25, -0.2) is 0 Å². The molecule has 0 radical (unpaired) electrons. The van der Waals surface area contributed by atoms with Crippen molar-refractivity contribution in [1.29, 1.82) is 0 Å². The minimum absolute atomic E-state index is 0.120. The maximum absolute atomic E-state index is 11.8. The molecule has 114 valence electrons. The summed E-state index contributed by atoms with van der Waals surface area (Å²) in [6.07, 6.45) is 0. The Kier molecular flexibility index (Phi) is 4.90. The van der Waals surface area contributed by atoms with E-state index in [4.69, 9.17) is 23.2 Å². The fourth-order valence-electron chi connectivity index (χ4n) is 1.70. The van der Waals surface area contributed by atoms with E-state index < -0.39 is 11.8 Å². The van der Waals surface area contributed by atoms with Crippen LogP contribution >= 0.6 is 23.2 Å². The van der Waals surface area contributed by atoms with Gasteiger partial charge in [0.2, 0.25) is 0 Å². The normalized spacial score (nSPS) is 10.1. The van der Waals surface area contributed by atoms with Crippen LogP contribution in [0, 0.1) is 6.92 Å². The number of hydrogen-bond acceptors (Lipinski definition) is 3. The summed E-state index contributed by atoms with van der Waals surface area (Å²) in [4.78, 5) is 23.7. The average molecular weight is 339 g/mol. The molecule has 0 aliphatic rings. The summed E-state index contributed by atoms with van der Waals surface area (Å²) in [7, 11) is 0. The number of anilines is 2. The number of carbonyl (C=O) groups excluding carboxylic acids is 2. The zero-order chi connectivity index (χ0) is 16.3. The molecule has 7 heteroatoms. The van der Waals surface area contributed by atoms with E-state index in [0.717, 1.165) is 5.56 Å². The molecule has 0 spiro atoms. The van der Waals surface area contributed by atoms with E-state index >= 15 is 0 Å². The fraction of sp³-hybridized carbons (Fsp3) is 0.0667. The number of benzene rings is 2. The van der Waals surface area contributed by atoms with Gasteiger partial charge in [0, 0.05) is 5.02 Å². The Labute approximate surface area is 136 Å². The first-order chi connectivity index (χ1) is 10.4. The Morgan fingerprint density at radius 3 is 2.14 bits per heavy atom. The van der Waals surface area contributed by atoms with Crippen molar-refractivity contribution in [3.05, 3.63) is 52.0 Å². The molecule has 5 nitrogen and oxygen atoms in total. The van der Waals surface area contributed by atoms with Gasteiger partial charge < -0.3 is 15.7 Å². The predicted octanol–water partition coefficient (Wildman–Crippen LogP) is 3.58. The molecule has 0 aliphatic carbocycles. The van der Waals surface area contributed by atoms with E-state index in [1.165, 1.54) is 30.3 Å². The lowest BCUT2D eigenvalue weighted by atomic mass is 10.2. The summed E-state index contributed by atoms with van der Waals surface area (Å²) in [5, 5.41) is 15.0. The van der Waals surface area contributed by atoms with Crippen molar-refractivity contribution in [3.8, 4) is 5.75 Å². The summed E-state index contributed by atoms with van der Waals surface area (Å²) < 4.78 is 0. The molecule has 0 saturated carbocycles. The van der Waals surface area contributed by atoms with Crippen molar-refractivity contribution in [2.45, 2.75) is 6.92 Å². The van der Waals surface area contributed by atoms with Gasteiger partial charge in [-0.1, -0.05) is 29.3 Å². The third-order valence-corrected chi connectivity index (χ3v) is 3.33. The summed E-state index contributed by atoms with van der Waals surface area (Å²) in [6.45, 7) is 1.79. The molecule has 3 N–H and O–H groups in total. The van der Waals surface area contributed by atoms with E-state index in [1.807, 2.05) is 0 Å². The lowest BCUT2D eigenvalue weighted by Crippen LogP contribution is -2.29. The second-order valence-electron chi connectivity index (χ2n) is 4.55. The molecule has 2 aromatic rings. The number of aryl methyl sites for hydroxylation is 1. The lowest BCUT2D eigenvalue weighted by molar-refractivity contribution is -0.133. The molecule has 0 aromatic heterocycles. The first kappa shape index (κ1) is 16.1. The topological polar surface area (TPSA) is 78.4 Å². The van der Waals surface area contributed by atoms with Crippen LogP contribution in [-0.4, -0.2) is 16.9 Å². The van der Waals surface area contributed by atoms with Gasteiger partial charge in [-0.2, -0.15) is 0 Å². The Hall–Kier alpha value is -2.24. The lowest BCUT2D eigenvalue weighted by Gasteiger charge is -2.09. The van der Waals surface area contributed by atoms with Gasteiger partial charge >= 0.3 is 11.8 Å². The summed E-state index contributed by atoms with van der Waals surface area (Å²) >= 11 is 11.7. The SMILES string of the molecule is Cc1ccc(NC(=O)C(=O)Nc2ccc(Cl)cc2Cl)c(O)c1. The standard InChI is InChI=1S/C15H12Cl2N2O3/c1-8-2-4-12(13(20)6-8)19-15(22)14(21)18-11-5-3-9(16)7-10(11)17/h2-7,20H,1H3,(H,18,21)(H,19,22). The molecule has 2 aromatic carbocycles. The molecule has 0 fully saturated rings. The van der Waals surface area contributed by atoms with Gasteiger partial charge in [0.1, 0.15) is 5.75 Å². The number of amides is 2. The van der Waals surface area contributed by atoms with Gasteiger partial charge in [0.05, 0.1) is 16.4 Å². The first-order valence-corrected chi connectivity index (χ1v) is 6.99. The molecule has 0 unspecified atom stereocenters. The van der Waals surface area contributed by atoms with Crippen LogP contribution in [0.3, 0.4) is 0 Å². The van der Waals surface area contributed by atoms with Crippen molar-refractivity contribution in [1.82, 2.24) is 0 Å². The van der Waals surface area contributed by atoms with E-state index in [2.05, 4.69) is 10.6 Å². The van der Waals surface area contributed by atoms with Gasteiger partial charge in [-0.3, -0.25) is 9.59 Å². The Morgan fingerprint density at radius 1 is 0.955 bits per heavy atom. The molecule has 0 saturated heterocycles.